The Morgan fingerprint density at radius 2 is 1.59 bits per heavy atom. The van der Waals surface area contributed by atoms with E-state index in [0.29, 0.717) is 12.8 Å². The molecule has 0 aromatic carbocycles. The van der Waals surface area contributed by atoms with Gasteiger partial charge in [-0.15, -0.1) is 0 Å². The summed E-state index contributed by atoms with van der Waals surface area (Å²) in [6.07, 6.45) is 5.24. The van der Waals surface area contributed by atoms with Gasteiger partial charge in [0.2, 0.25) is 5.91 Å². The summed E-state index contributed by atoms with van der Waals surface area (Å²) in [6, 6.07) is 0.172. The molecule has 3 N–H and O–H groups in total. The van der Waals surface area contributed by atoms with Crippen LogP contribution in [0.25, 0.3) is 0 Å². The molecule has 0 bridgehead atoms. The molecule has 0 aromatic heterocycles. The molecular formula is C18H36N2O2. The number of piperidine rings is 1. The minimum Gasteiger partial charge on any atom is -0.389 e. The normalized spacial score (nSPS) is 21.6. The van der Waals surface area contributed by atoms with Crippen LogP contribution in [-0.2, 0) is 4.79 Å². The Kier molecular flexibility index (Phi) is 6.46. The summed E-state index contributed by atoms with van der Waals surface area (Å²) in [5, 5.41) is 17.4. The van der Waals surface area contributed by atoms with Crippen molar-refractivity contribution in [3.8, 4) is 0 Å². The standard InChI is InChI=1S/C18H36N2O2/c1-7-9-18(22,10-8-2)13-15(21)19-14-11-16(3,4)20-17(5,6)12-14/h14,20,22H,7-13H2,1-6H3,(H,19,21). The van der Waals surface area contributed by atoms with E-state index in [1.807, 2.05) is 0 Å². The van der Waals surface area contributed by atoms with Crippen molar-refractivity contribution in [2.75, 3.05) is 0 Å². The first-order valence-corrected chi connectivity index (χ1v) is 8.82. The van der Waals surface area contributed by atoms with Gasteiger partial charge in [0.25, 0.3) is 0 Å². The highest BCUT2D eigenvalue weighted by atomic mass is 16.3. The Balaban J connectivity index is 2.63. The molecule has 0 unspecified atom stereocenters. The summed E-state index contributed by atoms with van der Waals surface area (Å²) in [6.45, 7) is 12.8. The van der Waals surface area contributed by atoms with Crippen molar-refractivity contribution in [3.63, 3.8) is 0 Å². The van der Waals surface area contributed by atoms with Crippen molar-refractivity contribution < 1.29 is 9.90 Å². The van der Waals surface area contributed by atoms with Gasteiger partial charge in [-0.1, -0.05) is 26.7 Å². The first-order valence-electron chi connectivity index (χ1n) is 8.82. The quantitative estimate of drug-likeness (QED) is 0.677. The fourth-order valence-electron chi connectivity index (χ4n) is 4.23. The number of carbonyl (C=O) groups excluding carboxylic acids is 1. The van der Waals surface area contributed by atoms with E-state index in [-0.39, 0.29) is 29.4 Å². The second kappa shape index (κ2) is 7.31. The Morgan fingerprint density at radius 1 is 1.14 bits per heavy atom. The maximum atomic E-state index is 12.4. The lowest BCUT2D eigenvalue weighted by atomic mass is 9.79. The number of aliphatic hydroxyl groups is 1. The minimum atomic E-state index is -0.842. The van der Waals surface area contributed by atoms with Crippen LogP contribution in [0.5, 0.6) is 0 Å². The Morgan fingerprint density at radius 3 is 2.00 bits per heavy atom. The summed E-state index contributed by atoms with van der Waals surface area (Å²) in [4.78, 5) is 12.4. The lowest BCUT2D eigenvalue weighted by molar-refractivity contribution is -0.128. The molecule has 0 aromatic rings. The van der Waals surface area contributed by atoms with Crippen molar-refractivity contribution in [2.24, 2.45) is 0 Å². The number of amides is 1. The molecule has 1 rings (SSSR count). The SMILES string of the molecule is CCCC(O)(CCC)CC(=O)NC1CC(C)(C)NC(C)(C)C1. The molecule has 1 saturated heterocycles. The fourth-order valence-corrected chi connectivity index (χ4v) is 4.23. The van der Waals surface area contributed by atoms with Crippen molar-refractivity contribution in [3.05, 3.63) is 0 Å². The average Bonchev–Trinajstić information content (AvgIpc) is 2.23. The van der Waals surface area contributed by atoms with Crippen molar-refractivity contribution in [1.29, 1.82) is 0 Å². The molecule has 22 heavy (non-hydrogen) atoms. The number of rotatable bonds is 7. The summed E-state index contributed by atoms with van der Waals surface area (Å²) in [5.41, 5.74) is -0.808. The van der Waals surface area contributed by atoms with Crippen molar-refractivity contribution >= 4 is 5.91 Å². The third-order valence-corrected chi connectivity index (χ3v) is 4.48. The lowest BCUT2D eigenvalue weighted by Crippen LogP contribution is -2.62. The van der Waals surface area contributed by atoms with E-state index >= 15 is 0 Å². The van der Waals surface area contributed by atoms with Gasteiger partial charge in [-0.3, -0.25) is 4.79 Å². The molecule has 130 valence electrons. The summed E-state index contributed by atoms with van der Waals surface area (Å²) in [7, 11) is 0. The highest BCUT2D eigenvalue weighted by molar-refractivity contribution is 5.77. The third kappa shape index (κ3) is 6.25. The van der Waals surface area contributed by atoms with E-state index in [0.717, 1.165) is 25.7 Å². The molecule has 1 aliphatic rings. The van der Waals surface area contributed by atoms with Gasteiger partial charge >= 0.3 is 0 Å². The van der Waals surface area contributed by atoms with Gasteiger partial charge in [-0.05, 0) is 53.4 Å². The fraction of sp³-hybridized carbons (Fsp3) is 0.944. The monoisotopic (exact) mass is 312 g/mol. The summed E-state index contributed by atoms with van der Waals surface area (Å²) < 4.78 is 0. The van der Waals surface area contributed by atoms with Crippen LogP contribution in [0.4, 0.5) is 0 Å². The molecule has 1 aliphatic heterocycles. The smallest absolute Gasteiger partial charge is 0.223 e. The zero-order valence-corrected chi connectivity index (χ0v) is 15.4. The maximum absolute atomic E-state index is 12.4. The van der Waals surface area contributed by atoms with Crippen LogP contribution in [0.3, 0.4) is 0 Å². The van der Waals surface area contributed by atoms with E-state index in [1.165, 1.54) is 0 Å². The van der Waals surface area contributed by atoms with Gasteiger partial charge < -0.3 is 15.7 Å². The predicted octanol–water partition coefficient (Wildman–Crippen LogP) is 3.13. The first kappa shape index (κ1) is 19.4. The molecule has 0 spiro atoms. The van der Waals surface area contributed by atoms with Gasteiger partial charge in [0.15, 0.2) is 0 Å². The van der Waals surface area contributed by atoms with E-state index in [4.69, 9.17) is 0 Å². The van der Waals surface area contributed by atoms with Crippen molar-refractivity contribution in [2.45, 2.75) is 109 Å². The van der Waals surface area contributed by atoms with Gasteiger partial charge in [0.1, 0.15) is 0 Å². The highest BCUT2D eigenvalue weighted by Crippen LogP contribution is 2.29. The van der Waals surface area contributed by atoms with Crippen LogP contribution in [0.15, 0.2) is 0 Å². The largest absolute Gasteiger partial charge is 0.389 e. The van der Waals surface area contributed by atoms with Crippen LogP contribution in [0.2, 0.25) is 0 Å². The Bertz CT molecular complexity index is 355. The molecule has 4 heteroatoms. The maximum Gasteiger partial charge on any atom is 0.223 e. The molecule has 0 atom stereocenters. The van der Waals surface area contributed by atoms with Gasteiger partial charge in [-0.25, -0.2) is 0 Å². The molecular weight excluding hydrogens is 276 g/mol. The molecule has 0 aliphatic carbocycles. The van der Waals surface area contributed by atoms with E-state index in [2.05, 4.69) is 52.2 Å². The number of nitrogens with one attached hydrogen (secondary N) is 2. The molecule has 1 amide bonds. The number of carbonyl (C=O) groups is 1. The topological polar surface area (TPSA) is 61.4 Å². The van der Waals surface area contributed by atoms with Crippen LogP contribution in [0.1, 0.15) is 86.5 Å². The number of hydrogen-bond acceptors (Lipinski definition) is 3. The number of hydrogen-bond donors (Lipinski definition) is 3. The second-order valence-electron chi connectivity index (χ2n) is 8.47. The van der Waals surface area contributed by atoms with E-state index in [1.54, 1.807) is 0 Å². The zero-order valence-electron chi connectivity index (χ0n) is 15.4. The van der Waals surface area contributed by atoms with Crippen LogP contribution in [0, 0.1) is 0 Å². The third-order valence-electron chi connectivity index (χ3n) is 4.48. The van der Waals surface area contributed by atoms with Crippen molar-refractivity contribution in [1.82, 2.24) is 10.6 Å². The predicted molar refractivity (Wildman–Crippen MR) is 91.8 cm³/mol. The van der Waals surface area contributed by atoms with Crippen LogP contribution < -0.4 is 10.6 Å². The highest BCUT2D eigenvalue weighted by Gasteiger charge is 2.38. The minimum absolute atomic E-state index is 0.0112. The molecule has 0 radical (unpaired) electrons. The lowest BCUT2D eigenvalue weighted by Gasteiger charge is -2.46. The Hall–Kier alpha value is -0.610. The average molecular weight is 312 g/mol. The van der Waals surface area contributed by atoms with E-state index < -0.39 is 5.60 Å². The van der Waals surface area contributed by atoms with Gasteiger partial charge in [0, 0.05) is 17.1 Å². The van der Waals surface area contributed by atoms with Gasteiger partial charge in [-0.2, -0.15) is 0 Å². The first-order chi connectivity index (χ1) is 10.0. The molecule has 1 heterocycles. The zero-order chi connectivity index (χ0) is 17.0. The van der Waals surface area contributed by atoms with E-state index in [9.17, 15) is 9.90 Å². The van der Waals surface area contributed by atoms with Gasteiger partial charge in [0.05, 0.1) is 12.0 Å². The summed E-state index contributed by atoms with van der Waals surface area (Å²) in [5.74, 6) is -0.0112. The van der Waals surface area contributed by atoms with Crippen LogP contribution in [-0.4, -0.2) is 33.7 Å². The Labute approximate surface area is 136 Å². The molecule has 4 nitrogen and oxygen atoms in total. The van der Waals surface area contributed by atoms with Crippen LogP contribution >= 0.6 is 0 Å². The summed E-state index contributed by atoms with van der Waals surface area (Å²) >= 11 is 0. The second-order valence-corrected chi connectivity index (χ2v) is 8.47. The molecule has 1 fully saturated rings. The molecule has 0 saturated carbocycles.